The molecule has 1 unspecified atom stereocenters. The molecule has 1 aliphatic carbocycles. The molecule has 3 rings (SSSR count). The molecule has 0 aliphatic heterocycles. The number of amides is 2. The van der Waals surface area contributed by atoms with E-state index < -0.39 is 0 Å². The lowest BCUT2D eigenvalue weighted by Crippen LogP contribution is -2.44. The quantitative estimate of drug-likeness (QED) is 0.812. The van der Waals surface area contributed by atoms with Crippen molar-refractivity contribution in [2.45, 2.75) is 50.8 Å². The lowest BCUT2D eigenvalue weighted by molar-refractivity contribution is 0.117. The van der Waals surface area contributed by atoms with Crippen LogP contribution in [0.15, 0.2) is 42.5 Å². The summed E-state index contributed by atoms with van der Waals surface area (Å²) >= 11 is 0. The molecule has 23 heavy (non-hydrogen) atoms. The first kappa shape index (κ1) is 15.8. The van der Waals surface area contributed by atoms with Crippen LogP contribution < -0.4 is 10.6 Å². The van der Waals surface area contributed by atoms with Gasteiger partial charge in [-0.05, 0) is 48.9 Å². The molecule has 0 heterocycles. The largest absolute Gasteiger partial charge is 0.393 e. The van der Waals surface area contributed by atoms with Gasteiger partial charge in [-0.25, -0.2) is 4.79 Å². The van der Waals surface area contributed by atoms with Crippen LogP contribution in [0, 0.1) is 0 Å². The number of benzene rings is 2. The number of nitrogens with one attached hydrogen (secondary N) is 2. The molecular weight excluding hydrogens is 288 g/mol. The number of carbonyl (C=O) groups is 1. The van der Waals surface area contributed by atoms with Crippen molar-refractivity contribution in [1.29, 1.82) is 0 Å². The number of aliphatic hydroxyl groups excluding tert-OH is 1. The minimum atomic E-state index is -0.203. The van der Waals surface area contributed by atoms with Gasteiger partial charge < -0.3 is 15.7 Å². The fraction of sp³-hybridized carbons (Fsp3) is 0.421. The molecule has 0 aromatic heterocycles. The third-order valence-corrected chi connectivity index (χ3v) is 4.67. The summed E-state index contributed by atoms with van der Waals surface area (Å²) in [5.74, 6) is 0. The molecule has 1 aliphatic rings. The second-order valence-corrected chi connectivity index (χ2v) is 6.41. The standard InChI is InChI=1S/C19H24N2O2/c1-13(17-8-4-6-14-5-2-3-7-18(14)17)20-19(23)21-15-9-11-16(22)12-10-15/h2-8,13,15-16,22H,9-12H2,1H3,(H2,20,21,23). The average molecular weight is 312 g/mol. The Bertz CT molecular complexity index is 673. The van der Waals surface area contributed by atoms with Crippen molar-refractivity contribution in [3.8, 4) is 0 Å². The van der Waals surface area contributed by atoms with E-state index >= 15 is 0 Å². The van der Waals surface area contributed by atoms with Gasteiger partial charge in [0.05, 0.1) is 12.1 Å². The average Bonchev–Trinajstić information content (AvgIpc) is 2.56. The summed E-state index contributed by atoms with van der Waals surface area (Å²) < 4.78 is 0. The van der Waals surface area contributed by atoms with Gasteiger partial charge in [-0.15, -0.1) is 0 Å². The predicted molar refractivity (Wildman–Crippen MR) is 92.3 cm³/mol. The molecule has 0 saturated heterocycles. The van der Waals surface area contributed by atoms with Gasteiger partial charge in [0, 0.05) is 6.04 Å². The summed E-state index contributed by atoms with van der Waals surface area (Å²) in [6, 6.07) is 14.3. The van der Waals surface area contributed by atoms with Crippen molar-refractivity contribution in [3.05, 3.63) is 48.0 Å². The maximum atomic E-state index is 12.2. The topological polar surface area (TPSA) is 61.4 Å². The Hall–Kier alpha value is -2.07. The van der Waals surface area contributed by atoms with E-state index in [0.717, 1.165) is 31.2 Å². The van der Waals surface area contributed by atoms with E-state index in [1.54, 1.807) is 0 Å². The Morgan fingerprint density at radius 1 is 1.09 bits per heavy atom. The first-order valence-corrected chi connectivity index (χ1v) is 8.36. The molecule has 2 aromatic rings. The molecule has 1 fully saturated rings. The van der Waals surface area contributed by atoms with E-state index in [1.165, 1.54) is 10.8 Å². The summed E-state index contributed by atoms with van der Waals surface area (Å²) in [6.07, 6.45) is 3.02. The lowest BCUT2D eigenvalue weighted by atomic mass is 9.93. The van der Waals surface area contributed by atoms with Crippen molar-refractivity contribution in [2.24, 2.45) is 0 Å². The third kappa shape index (κ3) is 3.82. The van der Waals surface area contributed by atoms with Gasteiger partial charge in [0.15, 0.2) is 0 Å². The van der Waals surface area contributed by atoms with E-state index in [0.29, 0.717) is 0 Å². The Labute approximate surface area is 136 Å². The summed E-state index contributed by atoms with van der Waals surface area (Å²) in [6.45, 7) is 2.01. The Morgan fingerprint density at radius 2 is 1.78 bits per heavy atom. The van der Waals surface area contributed by atoms with E-state index in [4.69, 9.17) is 0 Å². The summed E-state index contributed by atoms with van der Waals surface area (Å²) in [5.41, 5.74) is 1.12. The molecule has 4 nitrogen and oxygen atoms in total. The SMILES string of the molecule is CC(NC(=O)NC1CCC(O)CC1)c1cccc2ccccc12. The maximum Gasteiger partial charge on any atom is 0.315 e. The first-order valence-electron chi connectivity index (χ1n) is 8.36. The molecule has 2 aromatic carbocycles. The van der Waals surface area contributed by atoms with Crippen molar-refractivity contribution < 1.29 is 9.90 Å². The van der Waals surface area contributed by atoms with Crippen molar-refractivity contribution in [3.63, 3.8) is 0 Å². The smallest absolute Gasteiger partial charge is 0.315 e. The number of urea groups is 1. The fourth-order valence-corrected chi connectivity index (χ4v) is 3.35. The van der Waals surface area contributed by atoms with Crippen molar-refractivity contribution in [1.82, 2.24) is 10.6 Å². The van der Waals surface area contributed by atoms with Crippen LogP contribution in [-0.2, 0) is 0 Å². The normalized spacial score (nSPS) is 22.5. The van der Waals surface area contributed by atoms with Crippen LogP contribution in [0.3, 0.4) is 0 Å². The van der Waals surface area contributed by atoms with E-state index in [1.807, 2.05) is 25.1 Å². The molecule has 0 spiro atoms. The summed E-state index contributed by atoms with van der Waals surface area (Å²) in [4.78, 5) is 12.2. The second kappa shape index (κ2) is 7.01. The fourth-order valence-electron chi connectivity index (χ4n) is 3.35. The zero-order valence-electron chi connectivity index (χ0n) is 13.5. The van der Waals surface area contributed by atoms with Crippen molar-refractivity contribution in [2.75, 3.05) is 0 Å². The number of aliphatic hydroxyl groups is 1. The van der Waals surface area contributed by atoms with Gasteiger partial charge in [-0.1, -0.05) is 42.5 Å². The molecule has 2 amide bonds. The molecule has 4 heteroatoms. The second-order valence-electron chi connectivity index (χ2n) is 6.41. The molecule has 1 atom stereocenters. The van der Waals surface area contributed by atoms with Crippen LogP contribution in [0.4, 0.5) is 4.79 Å². The monoisotopic (exact) mass is 312 g/mol. The minimum Gasteiger partial charge on any atom is -0.393 e. The first-order chi connectivity index (χ1) is 11.1. The Kier molecular flexibility index (Phi) is 4.82. The molecule has 3 N–H and O–H groups in total. The van der Waals surface area contributed by atoms with Gasteiger partial charge >= 0.3 is 6.03 Å². The number of carbonyl (C=O) groups excluding carboxylic acids is 1. The van der Waals surface area contributed by atoms with E-state index in [9.17, 15) is 9.90 Å². The predicted octanol–water partition coefficient (Wildman–Crippen LogP) is 3.50. The highest BCUT2D eigenvalue weighted by atomic mass is 16.3. The molecular formula is C19H24N2O2. The van der Waals surface area contributed by atoms with Gasteiger partial charge in [-0.3, -0.25) is 0 Å². The minimum absolute atomic E-state index is 0.0599. The lowest BCUT2D eigenvalue weighted by Gasteiger charge is -2.27. The van der Waals surface area contributed by atoms with Crippen LogP contribution in [0.25, 0.3) is 10.8 Å². The third-order valence-electron chi connectivity index (χ3n) is 4.67. The van der Waals surface area contributed by atoms with Crippen LogP contribution >= 0.6 is 0 Å². The highest BCUT2D eigenvalue weighted by molar-refractivity contribution is 5.86. The van der Waals surface area contributed by atoms with E-state index in [2.05, 4.69) is 34.9 Å². The maximum absolute atomic E-state index is 12.2. The number of fused-ring (bicyclic) bond motifs is 1. The number of hydrogen-bond acceptors (Lipinski definition) is 2. The summed E-state index contributed by atoms with van der Waals surface area (Å²) in [5, 5.41) is 17.9. The number of hydrogen-bond donors (Lipinski definition) is 3. The van der Waals surface area contributed by atoms with Crippen LogP contribution in [0.5, 0.6) is 0 Å². The van der Waals surface area contributed by atoms with Gasteiger partial charge in [-0.2, -0.15) is 0 Å². The molecule has 0 radical (unpaired) electrons. The molecule has 0 bridgehead atoms. The Morgan fingerprint density at radius 3 is 2.57 bits per heavy atom. The van der Waals surface area contributed by atoms with Gasteiger partial charge in [0.1, 0.15) is 0 Å². The zero-order valence-corrected chi connectivity index (χ0v) is 13.5. The van der Waals surface area contributed by atoms with Gasteiger partial charge in [0.25, 0.3) is 0 Å². The van der Waals surface area contributed by atoms with Crippen LogP contribution in [0.1, 0.15) is 44.2 Å². The molecule has 122 valence electrons. The Balaban J connectivity index is 1.64. The molecule has 1 saturated carbocycles. The van der Waals surface area contributed by atoms with E-state index in [-0.39, 0.29) is 24.2 Å². The highest BCUT2D eigenvalue weighted by Crippen LogP contribution is 2.24. The zero-order chi connectivity index (χ0) is 16.2. The van der Waals surface area contributed by atoms with Crippen LogP contribution in [0.2, 0.25) is 0 Å². The van der Waals surface area contributed by atoms with Crippen molar-refractivity contribution >= 4 is 16.8 Å². The van der Waals surface area contributed by atoms with Gasteiger partial charge in [0.2, 0.25) is 0 Å². The summed E-state index contributed by atoms with van der Waals surface area (Å²) in [7, 11) is 0. The highest BCUT2D eigenvalue weighted by Gasteiger charge is 2.21. The number of rotatable bonds is 3. The van der Waals surface area contributed by atoms with Crippen LogP contribution in [-0.4, -0.2) is 23.3 Å².